The molecule has 28 heavy (non-hydrogen) atoms. The molecule has 1 heterocycles. The number of quaternary nitrogens is 1. The Morgan fingerprint density at radius 1 is 1.14 bits per heavy atom. The van der Waals surface area contributed by atoms with Gasteiger partial charge in [0.1, 0.15) is 24.9 Å². The number of carbonyl (C=O) groups excluding carboxylic acids is 1. The molecular weight excluding hydrogens is 399 g/mol. The highest BCUT2D eigenvalue weighted by molar-refractivity contribution is 6.36. The van der Waals surface area contributed by atoms with Crippen LogP contribution < -0.4 is 15.0 Å². The molecule has 1 fully saturated rings. The maximum atomic E-state index is 12.6. The molecule has 0 saturated carbocycles. The van der Waals surface area contributed by atoms with Gasteiger partial charge in [-0.25, -0.2) is 0 Å². The van der Waals surface area contributed by atoms with E-state index in [-0.39, 0.29) is 18.4 Å². The Balaban J connectivity index is 1.69. The number of morpholine rings is 1. The van der Waals surface area contributed by atoms with Gasteiger partial charge < -0.3 is 19.7 Å². The van der Waals surface area contributed by atoms with E-state index in [1.54, 1.807) is 25.3 Å². The molecule has 150 valence electrons. The molecule has 1 aliphatic rings. The minimum Gasteiger partial charge on any atom is -0.497 e. The highest BCUT2D eigenvalue weighted by Crippen LogP contribution is 2.24. The van der Waals surface area contributed by atoms with Crippen LogP contribution in [0, 0.1) is 0 Å². The van der Waals surface area contributed by atoms with Crippen molar-refractivity contribution in [3.8, 4) is 5.75 Å². The predicted octanol–water partition coefficient (Wildman–Crippen LogP) is 2.32. The molecule has 1 saturated heterocycles. The third-order valence-electron chi connectivity index (χ3n) is 5.05. The van der Waals surface area contributed by atoms with Gasteiger partial charge in [0.25, 0.3) is 0 Å². The van der Waals surface area contributed by atoms with Gasteiger partial charge in [-0.3, -0.25) is 4.79 Å². The van der Waals surface area contributed by atoms with E-state index in [4.69, 9.17) is 32.7 Å². The summed E-state index contributed by atoms with van der Waals surface area (Å²) in [5, 5.41) is 4.08. The number of ether oxygens (including phenoxy) is 2. The van der Waals surface area contributed by atoms with Gasteiger partial charge in [0.15, 0.2) is 0 Å². The van der Waals surface area contributed by atoms with Gasteiger partial charge in [0, 0.05) is 15.6 Å². The Morgan fingerprint density at radius 2 is 1.79 bits per heavy atom. The van der Waals surface area contributed by atoms with Crippen LogP contribution in [0.2, 0.25) is 10.0 Å². The first-order valence-electron chi connectivity index (χ1n) is 9.34. The van der Waals surface area contributed by atoms with Gasteiger partial charge in [0.05, 0.1) is 33.3 Å². The van der Waals surface area contributed by atoms with Crippen LogP contribution in [0.25, 0.3) is 0 Å². The summed E-state index contributed by atoms with van der Waals surface area (Å²) < 4.78 is 10.8. The summed E-state index contributed by atoms with van der Waals surface area (Å²) in [6.07, 6.45) is 0.159. The Labute approximate surface area is 175 Å². The third-order valence-corrected chi connectivity index (χ3v) is 5.76. The monoisotopic (exact) mass is 423 g/mol. The molecule has 0 unspecified atom stereocenters. The van der Waals surface area contributed by atoms with Gasteiger partial charge in [-0.05, 0) is 42.0 Å². The van der Waals surface area contributed by atoms with Crippen LogP contribution in [0.1, 0.15) is 17.2 Å². The molecular formula is C21H25Cl2N2O3+. The fourth-order valence-electron chi connectivity index (χ4n) is 3.46. The highest BCUT2D eigenvalue weighted by Gasteiger charge is 2.27. The lowest BCUT2D eigenvalue weighted by atomic mass is 10.0. The number of nitrogens with one attached hydrogen (secondary N) is 2. The molecule has 7 heteroatoms. The third kappa shape index (κ3) is 5.39. The van der Waals surface area contributed by atoms with E-state index in [0.717, 1.165) is 37.6 Å². The van der Waals surface area contributed by atoms with Crippen molar-refractivity contribution in [2.45, 2.75) is 12.5 Å². The van der Waals surface area contributed by atoms with E-state index < -0.39 is 0 Å². The first-order chi connectivity index (χ1) is 13.6. The minimum atomic E-state index is -0.0961. The summed E-state index contributed by atoms with van der Waals surface area (Å²) in [7, 11) is 1.65. The predicted molar refractivity (Wildman–Crippen MR) is 110 cm³/mol. The highest BCUT2D eigenvalue weighted by atomic mass is 35.5. The van der Waals surface area contributed by atoms with Crippen LogP contribution in [-0.4, -0.2) is 45.9 Å². The molecule has 3 rings (SSSR count). The number of carbonyl (C=O) groups is 1. The van der Waals surface area contributed by atoms with Gasteiger partial charge in [-0.1, -0.05) is 29.3 Å². The lowest BCUT2D eigenvalue weighted by molar-refractivity contribution is -0.937. The number of rotatable bonds is 7. The summed E-state index contributed by atoms with van der Waals surface area (Å²) >= 11 is 12.4. The Kier molecular flexibility index (Phi) is 7.57. The summed E-state index contributed by atoms with van der Waals surface area (Å²) in [5.41, 5.74) is 1.82. The van der Waals surface area contributed by atoms with Crippen molar-refractivity contribution in [1.29, 1.82) is 0 Å². The summed E-state index contributed by atoms with van der Waals surface area (Å²) in [4.78, 5) is 13.9. The molecule has 0 bridgehead atoms. The normalized spacial score (nSPS) is 15.8. The quantitative estimate of drug-likeness (QED) is 0.718. The lowest BCUT2D eigenvalue weighted by Gasteiger charge is -2.32. The van der Waals surface area contributed by atoms with Crippen molar-refractivity contribution in [1.82, 2.24) is 5.32 Å². The zero-order chi connectivity index (χ0) is 19.9. The molecule has 0 aromatic heterocycles. The molecule has 5 nitrogen and oxygen atoms in total. The number of amides is 1. The van der Waals surface area contributed by atoms with E-state index in [1.807, 2.05) is 12.1 Å². The van der Waals surface area contributed by atoms with E-state index in [2.05, 4.69) is 17.4 Å². The van der Waals surface area contributed by atoms with Crippen LogP contribution in [0.4, 0.5) is 0 Å². The topological polar surface area (TPSA) is 52.0 Å². The average Bonchev–Trinajstić information content (AvgIpc) is 2.72. The van der Waals surface area contributed by atoms with E-state index in [1.165, 1.54) is 4.90 Å². The summed E-state index contributed by atoms with van der Waals surface area (Å²) in [6.45, 7) is 3.80. The van der Waals surface area contributed by atoms with Crippen LogP contribution >= 0.6 is 23.2 Å². The van der Waals surface area contributed by atoms with E-state index in [0.29, 0.717) is 22.2 Å². The second-order valence-electron chi connectivity index (χ2n) is 6.78. The van der Waals surface area contributed by atoms with Crippen molar-refractivity contribution in [2.24, 2.45) is 0 Å². The second kappa shape index (κ2) is 10.1. The summed E-state index contributed by atoms with van der Waals surface area (Å²) in [5.74, 6) is 0.720. The second-order valence-corrected chi connectivity index (χ2v) is 7.59. The van der Waals surface area contributed by atoms with E-state index in [9.17, 15) is 4.79 Å². The molecule has 0 aliphatic carbocycles. The standard InChI is InChI=1S/C21H24Cl2N2O3/c1-27-16-7-5-15(6-8-16)20(25-9-11-28-12-10-25)14-24-21(26)13-17-18(22)3-2-4-19(17)23/h2-8,20H,9-14H2,1H3,(H,24,26)/p+1/t20-/m0/s1. The van der Waals surface area contributed by atoms with Gasteiger partial charge in [-0.2, -0.15) is 0 Å². The SMILES string of the molecule is COc1ccc([C@H](CNC(=O)Cc2c(Cl)cccc2Cl)[NH+]2CCOCC2)cc1. The molecule has 0 spiro atoms. The van der Waals surface area contributed by atoms with Gasteiger partial charge in [-0.15, -0.1) is 0 Å². The summed E-state index contributed by atoms with van der Waals surface area (Å²) in [6, 6.07) is 13.4. The Hall–Kier alpha value is -1.79. The smallest absolute Gasteiger partial charge is 0.224 e. The zero-order valence-electron chi connectivity index (χ0n) is 15.8. The molecule has 1 amide bonds. The molecule has 2 aromatic rings. The van der Waals surface area contributed by atoms with Crippen molar-refractivity contribution in [3.63, 3.8) is 0 Å². The Morgan fingerprint density at radius 3 is 2.39 bits per heavy atom. The molecule has 2 N–H and O–H groups in total. The first kappa shape index (κ1) is 20.9. The molecule has 1 aliphatic heterocycles. The van der Waals surface area contributed by atoms with Crippen LogP contribution in [-0.2, 0) is 16.0 Å². The molecule has 2 aromatic carbocycles. The van der Waals surface area contributed by atoms with Crippen molar-refractivity contribution in [2.75, 3.05) is 40.0 Å². The maximum Gasteiger partial charge on any atom is 0.224 e. The largest absolute Gasteiger partial charge is 0.497 e. The fourth-order valence-corrected chi connectivity index (χ4v) is 3.99. The van der Waals surface area contributed by atoms with Crippen LogP contribution in [0.5, 0.6) is 5.75 Å². The van der Waals surface area contributed by atoms with Crippen molar-refractivity contribution >= 4 is 29.1 Å². The van der Waals surface area contributed by atoms with Crippen molar-refractivity contribution in [3.05, 3.63) is 63.6 Å². The first-order valence-corrected chi connectivity index (χ1v) is 10.1. The number of halogens is 2. The minimum absolute atomic E-state index is 0.0961. The number of benzene rings is 2. The number of hydrogen-bond acceptors (Lipinski definition) is 3. The van der Waals surface area contributed by atoms with Crippen LogP contribution in [0.15, 0.2) is 42.5 Å². The van der Waals surface area contributed by atoms with Crippen molar-refractivity contribution < 1.29 is 19.2 Å². The van der Waals surface area contributed by atoms with Crippen LogP contribution in [0.3, 0.4) is 0 Å². The fraction of sp³-hybridized carbons (Fsp3) is 0.381. The molecule has 1 atom stereocenters. The maximum absolute atomic E-state index is 12.6. The lowest BCUT2D eigenvalue weighted by Crippen LogP contribution is -3.15. The van der Waals surface area contributed by atoms with Gasteiger partial charge >= 0.3 is 0 Å². The van der Waals surface area contributed by atoms with Gasteiger partial charge in [0.2, 0.25) is 5.91 Å². The zero-order valence-corrected chi connectivity index (χ0v) is 17.4. The Bertz CT molecular complexity index is 772. The number of methoxy groups -OCH3 is 1. The number of hydrogen-bond donors (Lipinski definition) is 2. The van der Waals surface area contributed by atoms with E-state index >= 15 is 0 Å². The molecule has 0 radical (unpaired) electrons. The average molecular weight is 424 g/mol.